The maximum absolute atomic E-state index is 12.8. The van der Waals surface area contributed by atoms with Crippen molar-refractivity contribution in [2.45, 2.75) is 0 Å². The van der Waals surface area contributed by atoms with Crippen LogP contribution >= 0.6 is 15.9 Å². The SMILES string of the molecule is O=C(NO)c1cc(Br)ncc1F. The van der Waals surface area contributed by atoms with Gasteiger partial charge in [0, 0.05) is 0 Å². The van der Waals surface area contributed by atoms with Crippen LogP contribution in [0.1, 0.15) is 10.4 Å². The second-order valence-corrected chi connectivity index (χ2v) is 2.74. The molecule has 12 heavy (non-hydrogen) atoms. The molecule has 0 saturated carbocycles. The van der Waals surface area contributed by atoms with Crippen LogP contribution in [-0.2, 0) is 0 Å². The highest BCUT2D eigenvalue weighted by Crippen LogP contribution is 2.11. The van der Waals surface area contributed by atoms with Crippen molar-refractivity contribution in [3.05, 3.63) is 28.2 Å². The monoisotopic (exact) mass is 234 g/mol. The summed E-state index contributed by atoms with van der Waals surface area (Å²) in [5, 5.41) is 8.20. The van der Waals surface area contributed by atoms with E-state index in [2.05, 4.69) is 20.9 Å². The highest BCUT2D eigenvalue weighted by Gasteiger charge is 2.11. The smallest absolute Gasteiger partial charge is 0.277 e. The molecule has 0 atom stereocenters. The summed E-state index contributed by atoms with van der Waals surface area (Å²) in [5.74, 6) is -1.69. The number of hydrogen-bond donors (Lipinski definition) is 2. The molecule has 0 aliphatic carbocycles. The van der Waals surface area contributed by atoms with Crippen molar-refractivity contribution >= 4 is 21.8 Å². The number of hydroxylamine groups is 1. The van der Waals surface area contributed by atoms with E-state index in [-0.39, 0.29) is 5.56 Å². The molecule has 64 valence electrons. The molecule has 6 heteroatoms. The van der Waals surface area contributed by atoms with E-state index in [1.165, 1.54) is 11.5 Å². The predicted octanol–water partition coefficient (Wildman–Crippen LogP) is 1.10. The van der Waals surface area contributed by atoms with E-state index in [0.717, 1.165) is 6.20 Å². The molecule has 1 heterocycles. The minimum atomic E-state index is -0.907. The minimum Gasteiger partial charge on any atom is -0.288 e. The molecule has 0 fully saturated rings. The van der Waals surface area contributed by atoms with Crippen molar-refractivity contribution in [2.75, 3.05) is 0 Å². The Kier molecular flexibility index (Phi) is 2.72. The van der Waals surface area contributed by atoms with Gasteiger partial charge in [0.25, 0.3) is 5.91 Å². The number of pyridine rings is 1. The van der Waals surface area contributed by atoms with Crippen molar-refractivity contribution < 1.29 is 14.4 Å². The van der Waals surface area contributed by atoms with Crippen LogP contribution in [0.3, 0.4) is 0 Å². The molecule has 4 nitrogen and oxygen atoms in total. The maximum atomic E-state index is 12.8. The number of rotatable bonds is 1. The number of nitrogens with zero attached hydrogens (tertiary/aromatic N) is 1. The molecule has 0 aliphatic rings. The number of halogens is 2. The fraction of sp³-hybridized carbons (Fsp3) is 0. The van der Waals surface area contributed by atoms with Gasteiger partial charge in [-0.15, -0.1) is 0 Å². The summed E-state index contributed by atoms with van der Waals surface area (Å²) in [4.78, 5) is 14.3. The Balaban J connectivity index is 3.13. The van der Waals surface area contributed by atoms with Crippen LogP contribution in [0.15, 0.2) is 16.9 Å². The molecule has 0 saturated heterocycles. The lowest BCUT2D eigenvalue weighted by atomic mass is 10.2. The average Bonchev–Trinajstić information content (AvgIpc) is 2.08. The van der Waals surface area contributed by atoms with Gasteiger partial charge in [-0.2, -0.15) is 0 Å². The molecule has 1 rings (SSSR count). The van der Waals surface area contributed by atoms with Gasteiger partial charge in [0.2, 0.25) is 0 Å². The minimum absolute atomic E-state index is 0.264. The molecule has 2 N–H and O–H groups in total. The van der Waals surface area contributed by atoms with Crippen molar-refractivity contribution in [2.24, 2.45) is 0 Å². The highest BCUT2D eigenvalue weighted by atomic mass is 79.9. The third-order valence-corrected chi connectivity index (χ3v) is 1.60. The standard InChI is InChI=1S/C6H4BrFN2O2/c7-5-1-3(6(11)10-12)4(8)2-9-5/h1-2,12H,(H,10,11). The second-order valence-electron chi connectivity index (χ2n) is 1.93. The van der Waals surface area contributed by atoms with E-state index in [4.69, 9.17) is 5.21 Å². The van der Waals surface area contributed by atoms with Crippen molar-refractivity contribution in [1.29, 1.82) is 0 Å². The van der Waals surface area contributed by atoms with Gasteiger partial charge in [-0.3, -0.25) is 10.0 Å². The van der Waals surface area contributed by atoms with Crippen molar-refractivity contribution in [3.63, 3.8) is 0 Å². The summed E-state index contributed by atoms with van der Waals surface area (Å²) < 4.78 is 13.1. The molecule has 0 spiro atoms. The van der Waals surface area contributed by atoms with E-state index in [9.17, 15) is 9.18 Å². The summed E-state index contributed by atoms with van der Waals surface area (Å²) >= 11 is 2.95. The number of amides is 1. The zero-order valence-corrected chi connectivity index (χ0v) is 7.30. The Morgan fingerprint density at radius 1 is 1.75 bits per heavy atom. The summed E-state index contributed by atoms with van der Waals surface area (Å²) in [6.45, 7) is 0. The molecule has 1 amide bonds. The first-order chi connectivity index (χ1) is 5.65. The van der Waals surface area contributed by atoms with Crippen molar-refractivity contribution in [3.8, 4) is 0 Å². The Morgan fingerprint density at radius 2 is 2.42 bits per heavy atom. The van der Waals surface area contributed by atoms with Gasteiger partial charge in [0.15, 0.2) is 5.82 Å². The largest absolute Gasteiger partial charge is 0.288 e. The first kappa shape index (κ1) is 9.08. The van der Waals surface area contributed by atoms with E-state index >= 15 is 0 Å². The Bertz CT molecular complexity index is 318. The molecular weight excluding hydrogens is 231 g/mol. The molecule has 0 radical (unpaired) electrons. The van der Waals surface area contributed by atoms with E-state index in [1.807, 2.05) is 0 Å². The topological polar surface area (TPSA) is 62.2 Å². The van der Waals surface area contributed by atoms with Gasteiger partial charge < -0.3 is 0 Å². The third-order valence-electron chi connectivity index (χ3n) is 1.17. The normalized spacial score (nSPS) is 9.58. The number of carbonyl (C=O) groups excluding carboxylic acids is 1. The van der Waals surface area contributed by atoms with Crippen molar-refractivity contribution in [1.82, 2.24) is 10.5 Å². The first-order valence-electron chi connectivity index (χ1n) is 2.90. The molecular formula is C6H4BrFN2O2. The van der Waals surface area contributed by atoms with Gasteiger partial charge in [-0.25, -0.2) is 14.9 Å². The van der Waals surface area contributed by atoms with Gasteiger partial charge in [-0.05, 0) is 22.0 Å². The fourth-order valence-corrected chi connectivity index (χ4v) is 0.979. The van der Waals surface area contributed by atoms with Crippen LogP contribution in [-0.4, -0.2) is 16.1 Å². The van der Waals surface area contributed by atoms with E-state index < -0.39 is 11.7 Å². The molecule has 0 bridgehead atoms. The third kappa shape index (κ3) is 1.77. The average molecular weight is 235 g/mol. The lowest BCUT2D eigenvalue weighted by Crippen LogP contribution is -2.20. The lowest BCUT2D eigenvalue weighted by molar-refractivity contribution is 0.0701. The molecule has 0 aromatic carbocycles. The van der Waals surface area contributed by atoms with Gasteiger partial charge in [0.05, 0.1) is 11.8 Å². The van der Waals surface area contributed by atoms with E-state index in [1.54, 1.807) is 0 Å². The van der Waals surface area contributed by atoms with Crippen LogP contribution in [0.5, 0.6) is 0 Å². The van der Waals surface area contributed by atoms with Crippen LogP contribution in [0.25, 0.3) is 0 Å². The Labute approximate surface area is 75.5 Å². The zero-order chi connectivity index (χ0) is 9.14. The Hall–Kier alpha value is -1.01. The number of hydrogen-bond acceptors (Lipinski definition) is 3. The molecule has 1 aromatic rings. The van der Waals surface area contributed by atoms with Crippen LogP contribution in [0.4, 0.5) is 4.39 Å². The van der Waals surface area contributed by atoms with Gasteiger partial charge in [0.1, 0.15) is 4.60 Å². The van der Waals surface area contributed by atoms with E-state index in [0.29, 0.717) is 4.60 Å². The predicted molar refractivity (Wildman–Crippen MR) is 41.1 cm³/mol. The van der Waals surface area contributed by atoms with Crippen LogP contribution in [0.2, 0.25) is 0 Å². The number of carbonyl (C=O) groups is 1. The molecule has 0 aliphatic heterocycles. The zero-order valence-electron chi connectivity index (χ0n) is 5.71. The highest BCUT2D eigenvalue weighted by molar-refractivity contribution is 9.10. The maximum Gasteiger partial charge on any atom is 0.277 e. The van der Waals surface area contributed by atoms with Crippen LogP contribution in [0, 0.1) is 5.82 Å². The summed E-state index contributed by atoms with van der Waals surface area (Å²) in [6, 6.07) is 1.17. The molecule has 1 aromatic heterocycles. The Morgan fingerprint density at radius 3 is 3.00 bits per heavy atom. The summed E-state index contributed by atoms with van der Waals surface area (Å²) in [6.07, 6.45) is 0.884. The number of aromatic nitrogens is 1. The van der Waals surface area contributed by atoms with Crippen LogP contribution < -0.4 is 5.48 Å². The number of nitrogens with one attached hydrogen (secondary N) is 1. The first-order valence-corrected chi connectivity index (χ1v) is 3.70. The van der Waals surface area contributed by atoms with Gasteiger partial charge >= 0.3 is 0 Å². The fourth-order valence-electron chi connectivity index (χ4n) is 0.647. The quantitative estimate of drug-likeness (QED) is 0.435. The second kappa shape index (κ2) is 3.59. The molecule has 0 unspecified atom stereocenters. The summed E-state index contributed by atoms with van der Waals surface area (Å²) in [7, 11) is 0. The summed E-state index contributed by atoms with van der Waals surface area (Å²) in [5.41, 5.74) is 1.06. The lowest BCUT2D eigenvalue weighted by Gasteiger charge is -1.99. The van der Waals surface area contributed by atoms with Gasteiger partial charge in [-0.1, -0.05) is 0 Å².